The van der Waals surface area contributed by atoms with Gasteiger partial charge in [0.1, 0.15) is 18.4 Å². The van der Waals surface area contributed by atoms with Crippen LogP contribution in [0.2, 0.25) is 0 Å². The van der Waals surface area contributed by atoms with Crippen molar-refractivity contribution in [2.45, 2.75) is 33.0 Å². The standard InChI is InChI=1S/C19H23NO3/c1-14(2)18(19(21)22)20-12-16-9-6-10-17(11-16)23-13-15-7-4-3-5-8-15/h3-11,14,18,20H,12-13H2,1-2H3,(H,21,22). The highest BCUT2D eigenvalue weighted by atomic mass is 16.5. The van der Waals surface area contributed by atoms with Crippen molar-refractivity contribution in [3.63, 3.8) is 0 Å². The van der Waals surface area contributed by atoms with E-state index in [1.54, 1.807) is 0 Å². The first kappa shape index (κ1) is 17.0. The van der Waals surface area contributed by atoms with E-state index in [2.05, 4.69) is 5.32 Å². The molecule has 2 aromatic carbocycles. The third-order valence-electron chi connectivity index (χ3n) is 3.61. The van der Waals surface area contributed by atoms with Crippen molar-refractivity contribution < 1.29 is 14.6 Å². The smallest absolute Gasteiger partial charge is 0.320 e. The average Bonchev–Trinajstić information content (AvgIpc) is 2.54. The van der Waals surface area contributed by atoms with Crippen LogP contribution in [-0.4, -0.2) is 17.1 Å². The van der Waals surface area contributed by atoms with Crippen molar-refractivity contribution in [3.05, 3.63) is 65.7 Å². The van der Waals surface area contributed by atoms with E-state index in [9.17, 15) is 9.90 Å². The summed E-state index contributed by atoms with van der Waals surface area (Å²) in [6.07, 6.45) is 0. The molecule has 2 aromatic rings. The molecule has 0 fully saturated rings. The Morgan fingerprint density at radius 1 is 1.09 bits per heavy atom. The number of rotatable bonds is 8. The summed E-state index contributed by atoms with van der Waals surface area (Å²) in [6, 6.07) is 17.2. The lowest BCUT2D eigenvalue weighted by Crippen LogP contribution is -2.40. The van der Waals surface area contributed by atoms with Gasteiger partial charge in [0.15, 0.2) is 0 Å². The van der Waals surface area contributed by atoms with E-state index in [1.807, 2.05) is 68.4 Å². The number of hydrogen-bond acceptors (Lipinski definition) is 3. The van der Waals surface area contributed by atoms with Gasteiger partial charge in [-0.05, 0) is 29.2 Å². The SMILES string of the molecule is CC(C)C(NCc1cccc(OCc2ccccc2)c1)C(=O)O. The zero-order valence-electron chi connectivity index (χ0n) is 13.5. The number of hydrogen-bond donors (Lipinski definition) is 2. The molecular formula is C19H23NO3. The van der Waals surface area contributed by atoms with Crippen LogP contribution in [-0.2, 0) is 17.9 Å². The Labute approximate surface area is 137 Å². The highest BCUT2D eigenvalue weighted by Gasteiger charge is 2.20. The van der Waals surface area contributed by atoms with E-state index >= 15 is 0 Å². The fourth-order valence-corrected chi connectivity index (χ4v) is 2.32. The molecule has 0 spiro atoms. The minimum atomic E-state index is -0.823. The van der Waals surface area contributed by atoms with Gasteiger partial charge in [0.2, 0.25) is 0 Å². The van der Waals surface area contributed by atoms with Crippen molar-refractivity contribution in [3.8, 4) is 5.75 Å². The number of nitrogens with one attached hydrogen (secondary N) is 1. The summed E-state index contributed by atoms with van der Waals surface area (Å²) in [5.74, 6) is -0.00827. The van der Waals surface area contributed by atoms with E-state index in [4.69, 9.17) is 4.74 Å². The van der Waals surface area contributed by atoms with Crippen LogP contribution in [0.5, 0.6) is 5.75 Å². The molecule has 1 atom stereocenters. The molecule has 0 amide bonds. The van der Waals surface area contributed by atoms with Crippen molar-refractivity contribution in [1.82, 2.24) is 5.32 Å². The van der Waals surface area contributed by atoms with Gasteiger partial charge in [0.05, 0.1) is 0 Å². The van der Waals surface area contributed by atoms with Crippen LogP contribution in [0.25, 0.3) is 0 Å². The normalized spacial score (nSPS) is 12.1. The highest BCUT2D eigenvalue weighted by molar-refractivity contribution is 5.73. The molecule has 4 nitrogen and oxygen atoms in total. The monoisotopic (exact) mass is 313 g/mol. The highest BCUT2D eigenvalue weighted by Crippen LogP contribution is 2.15. The van der Waals surface area contributed by atoms with Gasteiger partial charge in [0, 0.05) is 6.54 Å². The molecule has 0 saturated heterocycles. The van der Waals surface area contributed by atoms with Crippen LogP contribution in [0.1, 0.15) is 25.0 Å². The fourth-order valence-electron chi connectivity index (χ4n) is 2.32. The summed E-state index contributed by atoms with van der Waals surface area (Å²) in [7, 11) is 0. The second-order valence-corrected chi connectivity index (χ2v) is 5.86. The number of benzene rings is 2. The molecule has 0 bridgehead atoms. The predicted molar refractivity (Wildman–Crippen MR) is 90.3 cm³/mol. The topological polar surface area (TPSA) is 58.6 Å². The zero-order valence-corrected chi connectivity index (χ0v) is 13.5. The predicted octanol–water partition coefficient (Wildman–Crippen LogP) is 3.46. The van der Waals surface area contributed by atoms with Crippen LogP contribution in [0.3, 0.4) is 0 Å². The maximum atomic E-state index is 11.2. The molecule has 0 radical (unpaired) electrons. The van der Waals surface area contributed by atoms with E-state index < -0.39 is 12.0 Å². The van der Waals surface area contributed by atoms with E-state index in [0.717, 1.165) is 16.9 Å². The molecule has 23 heavy (non-hydrogen) atoms. The summed E-state index contributed by atoms with van der Waals surface area (Å²) >= 11 is 0. The van der Waals surface area contributed by atoms with E-state index in [1.165, 1.54) is 0 Å². The lowest BCUT2D eigenvalue weighted by atomic mass is 10.0. The first-order valence-corrected chi connectivity index (χ1v) is 7.78. The zero-order chi connectivity index (χ0) is 16.7. The average molecular weight is 313 g/mol. The first-order chi connectivity index (χ1) is 11.1. The number of aliphatic carboxylic acids is 1. The third kappa shape index (κ3) is 5.42. The molecule has 0 aromatic heterocycles. The minimum Gasteiger partial charge on any atom is -0.489 e. The van der Waals surface area contributed by atoms with Crippen molar-refractivity contribution in [2.75, 3.05) is 0 Å². The third-order valence-corrected chi connectivity index (χ3v) is 3.61. The molecular weight excluding hydrogens is 290 g/mol. The maximum Gasteiger partial charge on any atom is 0.320 e. The van der Waals surface area contributed by atoms with Crippen molar-refractivity contribution >= 4 is 5.97 Å². The van der Waals surface area contributed by atoms with Crippen LogP contribution in [0.15, 0.2) is 54.6 Å². The molecule has 0 aliphatic rings. The Hall–Kier alpha value is -2.33. The largest absolute Gasteiger partial charge is 0.489 e. The molecule has 0 aliphatic carbocycles. The summed E-state index contributed by atoms with van der Waals surface area (Å²) in [4.78, 5) is 11.2. The molecule has 0 heterocycles. The second kappa shape index (κ2) is 8.34. The second-order valence-electron chi connectivity index (χ2n) is 5.86. The Morgan fingerprint density at radius 3 is 2.43 bits per heavy atom. The Morgan fingerprint density at radius 2 is 1.78 bits per heavy atom. The van der Waals surface area contributed by atoms with Gasteiger partial charge in [-0.2, -0.15) is 0 Å². The van der Waals surface area contributed by atoms with Gasteiger partial charge < -0.3 is 15.2 Å². The number of carboxylic acids is 1. The molecule has 1 unspecified atom stereocenters. The summed E-state index contributed by atoms with van der Waals surface area (Å²) in [5.41, 5.74) is 2.12. The van der Waals surface area contributed by atoms with Crippen LogP contribution in [0, 0.1) is 5.92 Å². The van der Waals surface area contributed by atoms with Gasteiger partial charge in [-0.3, -0.25) is 4.79 Å². The molecule has 2 N–H and O–H groups in total. The van der Waals surface area contributed by atoms with Crippen LogP contribution < -0.4 is 10.1 Å². The molecule has 0 saturated carbocycles. The van der Waals surface area contributed by atoms with Gasteiger partial charge in [0.25, 0.3) is 0 Å². The van der Waals surface area contributed by atoms with Crippen molar-refractivity contribution in [1.29, 1.82) is 0 Å². The molecule has 122 valence electrons. The summed E-state index contributed by atoms with van der Waals surface area (Å²) < 4.78 is 5.79. The van der Waals surface area contributed by atoms with Crippen molar-refractivity contribution in [2.24, 2.45) is 5.92 Å². The molecule has 4 heteroatoms. The van der Waals surface area contributed by atoms with Crippen LogP contribution in [0.4, 0.5) is 0 Å². The quantitative estimate of drug-likeness (QED) is 0.783. The first-order valence-electron chi connectivity index (χ1n) is 7.78. The lowest BCUT2D eigenvalue weighted by Gasteiger charge is -2.18. The fraction of sp³-hybridized carbons (Fsp3) is 0.316. The lowest BCUT2D eigenvalue weighted by molar-refractivity contribution is -0.140. The Kier molecular flexibility index (Phi) is 6.18. The number of ether oxygens (including phenoxy) is 1. The Balaban J connectivity index is 1.93. The van der Waals surface area contributed by atoms with Gasteiger partial charge in [-0.1, -0.05) is 56.3 Å². The number of carbonyl (C=O) groups is 1. The van der Waals surface area contributed by atoms with E-state index in [0.29, 0.717) is 13.2 Å². The molecule has 2 rings (SSSR count). The van der Waals surface area contributed by atoms with E-state index in [-0.39, 0.29) is 5.92 Å². The Bertz CT molecular complexity index is 626. The summed E-state index contributed by atoms with van der Waals surface area (Å²) in [6.45, 7) is 4.80. The minimum absolute atomic E-state index is 0.0324. The maximum absolute atomic E-state index is 11.2. The van der Waals surface area contributed by atoms with Gasteiger partial charge >= 0.3 is 5.97 Å². The van der Waals surface area contributed by atoms with Crippen LogP contribution >= 0.6 is 0 Å². The van der Waals surface area contributed by atoms with Gasteiger partial charge in [-0.15, -0.1) is 0 Å². The van der Waals surface area contributed by atoms with Gasteiger partial charge in [-0.25, -0.2) is 0 Å². The number of carboxylic acid groups (broad SMARTS) is 1. The summed E-state index contributed by atoms with van der Waals surface area (Å²) in [5, 5.41) is 12.3. The molecule has 0 aliphatic heterocycles.